The Morgan fingerprint density at radius 3 is 2.90 bits per heavy atom. The second-order valence-corrected chi connectivity index (χ2v) is 5.20. The van der Waals surface area contributed by atoms with E-state index in [0.717, 1.165) is 36.6 Å². The molecule has 0 saturated carbocycles. The van der Waals surface area contributed by atoms with Crippen molar-refractivity contribution in [2.45, 2.75) is 6.42 Å². The van der Waals surface area contributed by atoms with Gasteiger partial charge in [-0.05, 0) is 29.3 Å². The minimum absolute atomic E-state index is 0.778. The quantitative estimate of drug-likeness (QED) is 0.915. The van der Waals surface area contributed by atoms with Gasteiger partial charge in [0.25, 0.3) is 0 Å². The maximum atomic E-state index is 5.86. The van der Waals surface area contributed by atoms with E-state index in [4.69, 9.17) is 4.74 Å². The molecule has 1 N–H and O–H groups in total. The molecule has 0 unspecified atom stereocenters. The second-order valence-electron chi connectivity index (χ2n) is 5.20. The first kappa shape index (κ1) is 12.2. The van der Waals surface area contributed by atoms with E-state index in [1.807, 2.05) is 24.5 Å². The zero-order valence-corrected chi connectivity index (χ0v) is 11.7. The molecule has 1 aromatic carbocycles. The summed E-state index contributed by atoms with van der Waals surface area (Å²) in [5.41, 5.74) is 5.95. The molecule has 2 aliphatic rings. The molecule has 0 bridgehead atoms. The van der Waals surface area contributed by atoms with Gasteiger partial charge in [-0.1, -0.05) is 24.3 Å². The monoisotopic (exact) mass is 276 g/mol. The number of nitrogens with zero attached hydrogens (tertiary/aromatic N) is 1. The number of dihydropyridines is 1. The Morgan fingerprint density at radius 1 is 1.10 bits per heavy atom. The smallest absolute Gasteiger partial charge is 0.131 e. The van der Waals surface area contributed by atoms with Crippen molar-refractivity contribution < 1.29 is 4.74 Å². The molecule has 1 aromatic heterocycles. The standard InChI is InChI=1S/C18H16N2O/c1-3-14-8-12-21-18(14)16(4-1)17-15(5-2-9-20-17)13-6-10-19-11-7-13/h1-7,10-11,20H,8-9,12H2. The highest BCUT2D eigenvalue weighted by atomic mass is 16.5. The largest absolute Gasteiger partial charge is 0.492 e. The highest BCUT2D eigenvalue weighted by molar-refractivity contribution is 5.97. The number of aromatic nitrogens is 1. The van der Waals surface area contributed by atoms with Gasteiger partial charge >= 0.3 is 0 Å². The fourth-order valence-corrected chi connectivity index (χ4v) is 2.94. The van der Waals surface area contributed by atoms with Crippen LogP contribution >= 0.6 is 0 Å². The Bertz CT molecular complexity index is 732. The van der Waals surface area contributed by atoms with Crippen molar-refractivity contribution in [3.05, 3.63) is 71.6 Å². The van der Waals surface area contributed by atoms with E-state index in [0.29, 0.717) is 0 Å². The number of fused-ring (bicyclic) bond motifs is 1. The summed E-state index contributed by atoms with van der Waals surface area (Å²) in [4.78, 5) is 4.10. The Kier molecular flexibility index (Phi) is 2.96. The SMILES string of the molecule is C1=CC(c2ccncc2)=C(c2cccc3c2OCC3)NC1. The first-order chi connectivity index (χ1) is 10.4. The number of hydrogen-bond donors (Lipinski definition) is 1. The second kappa shape index (κ2) is 5.09. The summed E-state index contributed by atoms with van der Waals surface area (Å²) < 4.78 is 5.86. The number of allylic oxidation sites excluding steroid dienone is 2. The zero-order valence-electron chi connectivity index (χ0n) is 11.7. The topological polar surface area (TPSA) is 34.1 Å². The van der Waals surface area contributed by atoms with Gasteiger partial charge in [0.2, 0.25) is 0 Å². The van der Waals surface area contributed by atoms with Crippen molar-refractivity contribution in [1.82, 2.24) is 10.3 Å². The third-order valence-corrected chi connectivity index (χ3v) is 3.93. The third kappa shape index (κ3) is 2.11. The van der Waals surface area contributed by atoms with Crippen molar-refractivity contribution in [3.63, 3.8) is 0 Å². The summed E-state index contributed by atoms with van der Waals surface area (Å²) in [6.45, 7) is 1.62. The van der Waals surface area contributed by atoms with Gasteiger partial charge in [-0.25, -0.2) is 0 Å². The van der Waals surface area contributed by atoms with Gasteiger partial charge in [-0.3, -0.25) is 4.98 Å². The highest BCUT2D eigenvalue weighted by Crippen LogP contribution is 2.37. The summed E-state index contributed by atoms with van der Waals surface area (Å²) in [5.74, 6) is 1.03. The first-order valence-electron chi connectivity index (χ1n) is 7.23. The summed E-state index contributed by atoms with van der Waals surface area (Å²) in [6, 6.07) is 10.5. The molecule has 4 rings (SSSR count). The number of benzene rings is 1. The Morgan fingerprint density at radius 2 is 2.00 bits per heavy atom. The molecule has 0 fully saturated rings. The van der Waals surface area contributed by atoms with E-state index in [-0.39, 0.29) is 0 Å². The van der Waals surface area contributed by atoms with Crippen LogP contribution in [-0.4, -0.2) is 18.1 Å². The van der Waals surface area contributed by atoms with Gasteiger partial charge in [-0.15, -0.1) is 0 Å². The fourth-order valence-electron chi connectivity index (χ4n) is 2.94. The van der Waals surface area contributed by atoms with E-state index >= 15 is 0 Å². The summed E-state index contributed by atoms with van der Waals surface area (Å²) in [7, 11) is 0. The van der Waals surface area contributed by atoms with E-state index < -0.39 is 0 Å². The molecule has 21 heavy (non-hydrogen) atoms. The predicted molar refractivity (Wildman–Crippen MR) is 83.8 cm³/mol. The third-order valence-electron chi connectivity index (χ3n) is 3.93. The number of para-hydroxylation sites is 1. The van der Waals surface area contributed by atoms with Crippen LogP contribution < -0.4 is 10.1 Å². The molecular formula is C18H16N2O. The number of ether oxygens (including phenoxy) is 1. The number of pyridine rings is 1. The predicted octanol–water partition coefficient (Wildman–Crippen LogP) is 3.04. The van der Waals surface area contributed by atoms with E-state index in [2.05, 4.69) is 40.7 Å². The van der Waals surface area contributed by atoms with Crippen LogP contribution in [0.2, 0.25) is 0 Å². The van der Waals surface area contributed by atoms with Crippen LogP contribution in [0.4, 0.5) is 0 Å². The maximum Gasteiger partial charge on any atom is 0.131 e. The lowest BCUT2D eigenvalue weighted by Crippen LogP contribution is -2.17. The van der Waals surface area contributed by atoms with E-state index in [9.17, 15) is 0 Å². The lowest BCUT2D eigenvalue weighted by atomic mass is 9.96. The Hall–Kier alpha value is -2.55. The van der Waals surface area contributed by atoms with Crippen LogP contribution in [0.1, 0.15) is 16.7 Å². The molecule has 3 nitrogen and oxygen atoms in total. The van der Waals surface area contributed by atoms with Crippen LogP contribution in [0.3, 0.4) is 0 Å². The van der Waals surface area contributed by atoms with Gasteiger partial charge in [0.15, 0.2) is 0 Å². The van der Waals surface area contributed by atoms with Crippen molar-refractivity contribution in [3.8, 4) is 5.75 Å². The Labute approximate surface area is 124 Å². The average Bonchev–Trinajstić information content (AvgIpc) is 3.04. The Balaban J connectivity index is 1.91. The summed E-state index contributed by atoms with van der Waals surface area (Å²) in [5, 5.41) is 3.51. The molecule has 0 atom stereocenters. The molecular weight excluding hydrogens is 260 g/mol. The van der Waals surface area contributed by atoms with Gasteiger partial charge < -0.3 is 10.1 Å². The first-order valence-corrected chi connectivity index (χ1v) is 7.23. The summed E-state index contributed by atoms with van der Waals surface area (Å²) in [6.07, 6.45) is 8.97. The van der Waals surface area contributed by atoms with E-state index in [1.165, 1.54) is 16.7 Å². The minimum atomic E-state index is 0.778. The van der Waals surface area contributed by atoms with Gasteiger partial charge in [-0.2, -0.15) is 0 Å². The maximum absolute atomic E-state index is 5.86. The highest BCUT2D eigenvalue weighted by Gasteiger charge is 2.21. The lowest BCUT2D eigenvalue weighted by Gasteiger charge is -2.20. The van der Waals surface area contributed by atoms with Gasteiger partial charge in [0.1, 0.15) is 5.75 Å². The molecule has 0 aliphatic carbocycles. The van der Waals surface area contributed by atoms with Crippen LogP contribution in [0.25, 0.3) is 11.3 Å². The van der Waals surface area contributed by atoms with Crippen LogP contribution in [0.15, 0.2) is 54.9 Å². The van der Waals surface area contributed by atoms with Crippen LogP contribution in [0.5, 0.6) is 5.75 Å². The normalized spacial score (nSPS) is 16.4. The summed E-state index contributed by atoms with van der Waals surface area (Å²) >= 11 is 0. The average molecular weight is 276 g/mol. The van der Waals surface area contributed by atoms with Crippen LogP contribution in [0, 0.1) is 0 Å². The van der Waals surface area contributed by atoms with Crippen molar-refractivity contribution in [2.75, 3.05) is 13.2 Å². The number of nitrogens with one attached hydrogen (secondary N) is 1. The van der Waals surface area contributed by atoms with Crippen molar-refractivity contribution in [2.24, 2.45) is 0 Å². The van der Waals surface area contributed by atoms with E-state index in [1.54, 1.807) is 0 Å². The molecule has 0 amide bonds. The molecule has 0 radical (unpaired) electrons. The molecule has 104 valence electrons. The molecule has 2 aromatic rings. The van der Waals surface area contributed by atoms with Crippen molar-refractivity contribution in [1.29, 1.82) is 0 Å². The molecule has 0 saturated heterocycles. The lowest BCUT2D eigenvalue weighted by molar-refractivity contribution is 0.355. The van der Waals surface area contributed by atoms with Gasteiger partial charge in [0, 0.05) is 36.5 Å². The fraction of sp³-hybridized carbons (Fsp3) is 0.167. The van der Waals surface area contributed by atoms with Gasteiger partial charge in [0.05, 0.1) is 12.3 Å². The molecule has 3 heteroatoms. The zero-order chi connectivity index (χ0) is 14.1. The minimum Gasteiger partial charge on any atom is -0.492 e. The molecule has 3 heterocycles. The molecule has 2 aliphatic heterocycles. The van der Waals surface area contributed by atoms with Crippen molar-refractivity contribution >= 4 is 11.3 Å². The number of hydrogen-bond acceptors (Lipinski definition) is 3. The molecule has 0 spiro atoms. The number of rotatable bonds is 2. The van der Waals surface area contributed by atoms with Crippen LogP contribution in [-0.2, 0) is 6.42 Å².